The summed E-state index contributed by atoms with van der Waals surface area (Å²) in [5, 5.41) is 0.866. The maximum atomic E-state index is 12.1. The minimum absolute atomic E-state index is 0.148. The van der Waals surface area contributed by atoms with Gasteiger partial charge < -0.3 is 14.2 Å². The molecule has 3 aromatic rings. The van der Waals surface area contributed by atoms with Gasteiger partial charge in [0.2, 0.25) is 0 Å². The summed E-state index contributed by atoms with van der Waals surface area (Å²) in [7, 11) is 1.21. The second-order valence-electron chi connectivity index (χ2n) is 5.82. The van der Waals surface area contributed by atoms with E-state index in [1.54, 1.807) is 43.4 Å². The van der Waals surface area contributed by atoms with Crippen LogP contribution in [0, 0.1) is 6.92 Å². The number of carbonyl (C=O) groups is 2. The van der Waals surface area contributed by atoms with Crippen molar-refractivity contribution in [3.63, 3.8) is 0 Å². The fourth-order valence-corrected chi connectivity index (χ4v) is 3.53. The van der Waals surface area contributed by atoms with Gasteiger partial charge in [-0.25, -0.2) is 14.6 Å². The molecular formula is C20H20N2O5S. The number of hydrogen-bond donors (Lipinski definition) is 0. The molecule has 2 amide bonds. The fraction of sp³-hybridized carbons (Fsp3) is 0.250. The lowest BCUT2D eigenvalue weighted by Crippen LogP contribution is -2.37. The summed E-state index contributed by atoms with van der Waals surface area (Å²) in [6, 6.07) is 13.0. The lowest BCUT2D eigenvalue weighted by molar-refractivity contribution is 0.148. The highest BCUT2D eigenvalue weighted by molar-refractivity contribution is 7.18. The Hall–Kier alpha value is -3.13. The van der Waals surface area contributed by atoms with Crippen molar-refractivity contribution in [2.75, 3.05) is 18.6 Å². The molecule has 0 bridgehead atoms. The van der Waals surface area contributed by atoms with Gasteiger partial charge in [-0.15, -0.1) is 11.3 Å². The Labute approximate surface area is 166 Å². The number of carbonyl (C=O) groups excluding carboxylic acids is 2. The van der Waals surface area contributed by atoms with E-state index in [1.165, 1.54) is 7.11 Å². The highest BCUT2D eigenvalue weighted by atomic mass is 32.1. The second kappa shape index (κ2) is 8.71. The van der Waals surface area contributed by atoms with Gasteiger partial charge in [-0.1, -0.05) is 12.1 Å². The Morgan fingerprint density at radius 2 is 1.93 bits per heavy atom. The number of rotatable bonds is 5. The van der Waals surface area contributed by atoms with Gasteiger partial charge >= 0.3 is 12.2 Å². The van der Waals surface area contributed by atoms with Crippen LogP contribution in [-0.2, 0) is 16.1 Å². The Morgan fingerprint density at radius 3 is 2.61 bits per heavy atom. The van der Waals surface area contributed by atoms with Crippen LogP contribution >= 0.6 is 11.3 Å². The van der Waals surface area contributed by atoms with Gasteiger partial charge in [0.15, 0.2) is 0 Å². The van der Waals surface area contributed by atoms with E-state index in [-0.39, 0.29) is 6.61 Å². The Balaban J connectivity index is 1.76. The van der Waals surface area contributed by atoms with Crippen molar-refractivity contribution in [3.05, 3.63) is 53.0 Å². The highest BCUT2D eigenvalue weighted by Gasteiger charge is 2.27. The number of nitrogens with zero attached hydrogens (tertiary/aromatic N) is 2. The van der Waals surface area contributed by atoms with E-state index in [9.17, 15) is 9.59 Å². The molecule has 0 spiro atoms. The predicted octanol–water partition coefficient (Wildman–Crippen LogP) is 4.91. The Morgan fingerprint density at radius 1 is 1.14 bits per heavy atom. The molecule has 0 aliphatic rings. The summed E-state index contributed by atoms with van der Waals surface area (Å²) < 4.78 is 16.6. The van der Waals surface area contributed by atoms with Gasteiger partial charge in [0.1, 0.15) is 17.4 Å². The SMILES string of the molecule is CCOC(=O)N(C(=O)OC)c1ccc(OCc2nc3ccccc3s2)cc1C. The molecule has 1 heterocycles. The number of para-hydroxylation sites is 1. The minimum Gasteiger partial charge on any atom is -0.486 e. The first kappa shape index (κ1) is 19.6. The Kier molecular flexibility index (Phi) is 6.10. The first-order valence-corrected chi connectivity index (χ1v) is 9.48. The number of imide groups is 1. The van der Waals surface area contributed by atoms with Gasteiger partial charge in [0, 0.05) is 0 Å². The third-order valence-electron chi connectivity index (χ3n) is 3.92. The molecule has 0 radical (unpaired) electrons. The van der Waals surface area contributed by atoms with E-state index in [2.05, 4.69) is 4.98 Å². The molecule has 0 saturated heterocycles. The molecular weight excluding hydrogens is 380 g/mol. The van der Waals surface area contributed by atoms with Crippen molar-refractivity contribution in [1.29, 1.82) is 0 Å². The summed E-state index contributed by atoms with van der Waals surface area (Å²) in [5.74, 6) is 0.606. The molecule has 3 rings (SSSR count). The maximum Gasteiger partial charge on any atom is 0.424 e. The molecule has 0 saturated carbocycles. The number of methoxy groups -OCH3 is 1. The van der Waals surface area contributed by atoms with Crippen LogP contribution in [0.2, 0.25) is 0 Å². The predicted molar refractivity (Wildman–Crippen MR) is 107 cm³/mol. The van der Waals surface area contributed by atoms with Crippen LogP contribution < -0.4 is 9.64 Å². The standard InChI is InChI=1S/C20H20N2O5S/c1-4-26-20(24)22(19(23)25-3)16-10-9-14(11-13(16)2)27-12-18-21-15-7-5-6-8-17(15)28-18/h5-11H,4,12H2,1-3H3. The number of thiazole rings is 1. The smallest absolute Gasteiger partial charge is 0.424 e. The fourth-order valence-electron chi connectivity index (χ4n) is 2.65. The third-order valence-corrected chi connectivity index (χ3v) is 4.93. The molecule has 0 unspecified atom stereocenters. The number of hydrogen-bond acceptors (Lipinski definition) is 7. The van der Waals surface area contributed by atoms with Gasteiger partial charge in [-0.05, 0) is 49.7 Å². The largest absolute Gasteiger partial charge is 0.486 e. The molecule has 0 N–H and O–H groups in total. The summed E-state index contributed by atoms with van der Waals surface area (Å²) in [6.07, 6.45) is -1.61. The molecule has 0 fully saturated rings. The third kappa shape index (κ3) is 4.23. The highest BCUT2D eigenvalue weighted by Crippen LogP contribution is 2.28. The van der Waals surface area contributed by atoms with Crippen molar-refractivity contribution in [3.8, 4) is 5.75 Å². The number of benzene rings is 2. The first-order valence-electron chi connectivity index (χ1n) is 8.66. The quantitative estimate of drug-likeness (QED) is 0.605. The lowest BCUT2D eigenvalue weighted by atomic mass is 10.2. The molecule has 1 aromatic heterocycles. The van der Waals surface area contributed by atoms with Gasteiger partial charge in [-0.3, -0.25) is 0 Å². The van der Waals surface area contributed by atoms with Crippen molar-refractivity contribution < 1.29 is 23.8 Å². The molecule has 7 nitrogen and oxygen atoms in total. The van der Waals surface area contributed by atoms with Gasteiger partial charge in [0.05, 0.1) is 29.6 Å². The summed E-state index contributed by atoms with van der Waals surface area (Å²) in [4.78, 5) is 29.6. The second-order valence-corrected chi connectivity index (χ2v) is 6.93. The lowest BCUT2D eigenvalue weighted by Gasteiger charge is -2.20. The number of amides is 2. The van der Waals surface area contributed by atoms with Crippen molar-refractivity contribution in [2.45, 2.75) is 20.5 Å². The average Bonchev–Trinajstić information content (AvgIpc) is 3.11. The van der Waals surface area contributed by atoms with Crippen LogP contribution in [0.15, 0.2) is 42.5 Å². The number of aromatic nitrogens is 1. The molecule has 0 aliphatic carbocycles. The zero-order chi connectivity index (χ0) is 20.1. The number of fused-ring (bicyclic) bond motifs is 1. The molecule has 146 valence electrons. The molecule has 0 atom stereocenters. The van der Waals surface area contributed by atoms with E-state index in [0.717, 1.165) is 20.1 Å². The number of aryl methyl sites for hydroxylation is 1. The minimum atomic E-state index is -0.815. The number of anilines is 1. The van der Waals surface area contributed by atoms with Gasteiger partial charge in [0.25, 0.3) is 0 Å². The topological polar surface area (TPSA) is 78.0 Å². The van der Waals surface area contributed by atoms with E-state index < -0.39 is 12.2 Å². The molecule has 0 aliphatic heterocycles. The van der Waals surface area contributed by atoms with E-state index in [0.29, 0.717) is 23.6 Å². The van der Waals surface area contributed by atoms with Crippen LogP contribution in [0.25, 0.3) is 10.2 Å². The summed E-state index contributed by atoms with van der Waals surface area (Å²) in [5.41, 5.74) is 1.98. The van der Waals surface area contributed by atoms with Crippen LogP contribution in [0.5, 0.6) is 5.75 Å². The maximum absolute atomic E-state index is 12.1. The first-order chi connectivity index (χ1) is 13.5. The summed E-state index contributed by atoms with van der Waals surface area (Å²) in [6.45, 7) is 3.92. The Bertz CT molecular complexity index is 968. The van der Waals surface area contributed by atoms with E-state index >= 15 is 0 Å². The van der Waals surface area contributed by atoms with Crippen LogP contribution in [0.4, 0.5) is 15.3 Å². The van der Waals surface area contributed by atoms with Crippen LogP contribution in [0.3, 0.4) is 0 Å². The van der Waals surface area contributed by atoms with Crippen molar-refractivity contribution >= 4 is 39.4 Å². The zero-order valence-electron chi connectivity index (χ0n) is 15.8. The molecule has 28 heavy (non-hydrogen) atoms. The zero-order valence-corrected chi connectivity index (χ0v) is 16.6. The average molecular weight is 400 g/mol. The molecule has 8 heteroatoms. The van der Waals surface area contributed by atoms with E-state index in [4.69, 9.17) is 14.2 Å². The normalized spacial score (nSPS) is 10.5. The van der Waals surface area contributed by atoms with Crippen molar-refractivity contribution in [2.24, 2.45) is 0 Å². The summed E-state index contributed by atoms with van der Waals surface area (Å²) >= 11 is 1.58. The van der Waals surface area contributed by atoms with Gasteiger partial charge in [-0.2, -0.15) is 4.90 Å². The number of ether oxygens (including phenoxy) is 3. The van der Waals surface area contributed by atoms with E-state index in [1.807, 2.05) is 24.3 Å². The molecule has 2 aromatic carbocycles. The van der Waals surface area contributed by atoms with Crippen LogP contribution in [0.1, 0.15) is 17.5 Å². The van der Waals surface area contributed by atoms with Crippen molar-refractivity contribution in [1.82, 2.24) is 4.98 Å². The monoisotopic (exact) mass is 400 g/mol. The van der Waals surface area contributed by atoms with Crippen LogP contribution in [-0.4, -0.2) is 30.9 Å².